The Kier molecular flexibility index (Phi) is 5.00. The van der Waals surface area contributed by atoms with Crippen molar-refractivity contribution >= 4 is 11.8 Å². The third-order valence-corrected chi connectivity index (χ3v) is 3.59. The van der Waals surface area contributed by atoms with Crippen molar-refractivity contribution in [2.75, 3.05) is 7.05 Å². The number of ether oxygens (including phenoxy) is 1. The van der Waals surface area contributed by atoms with E-state index >= 15 is 0 Å². The van der Waals surface area contributed by atoms with Gasteiger partial charge in [-0.25, -0.2) is 4.39 Å². The quantitative estimate of drug-likeness (QED) is 0.864. The zero-order chi connectivity index (χ0) is 16.3. The summed E-state index contributed by atoms with van der Waals surface area (Å²) in [6, 6.07) is 4.00. The van der Waals surface area contributed by atoms with Crippen LogP contribution >= 0.6 is 0 Å². The molecule has 1 heterocycles. The molecule has 0 spiro atoms. The van der Waals surface area contributed by atoms with Gasteiger partial charge in [0, 0.05) is 19.0 Å². The minimum Gasteiger partial charge on any atom is -0.477 e. The van der Waals surface area contributed by atoms with Crippen molar-refractivity contribution in [3.8, 4) is 5.75 Å². The second-order valence-electron chi connectivity index (χ2n) is 5.84. The van der Waals surface area contributed by atoms with Crippen molar-refractivity contribution in [2.24, 2.45) is 5.92 Å². The highest BCUT2D eigenvalue weighted by Crippen LogP contribution is 2.31. The molecular formula is C16H21FN2O3. The topological polar surface area (TPSA) is 67.4 Å². The molecule has 0 bridgehead atoms. The molecule has 2 rings (SSSR count). The maximum absolute atomic E-state index is 13.6. The van der Waals surface area contributed by atoms with E-state index in [4.69, 9.17) is 4.74 Å². The highest BCUT2D eigenvalue weighted by Gasteiger charge is 2.33. The first-order chi connectivity index (χ1) is 10.4. The number of carbonyl (C=O) groups excluding carboxylic acids is 2. The first-order valence-electron chi connectivity index (χ1n) is 7.38. The molecule has 0 radical (unpaired) electrons. The van der Waals surface area contributed by atoms with E-state index < -0.39 is 23.9 Å². The third kappa shape index (κ3) is 3.55. The Bertz CT molecular complexity index is 575. The summed E-state index contributed by atoms with van der Waals surface area (Å²) < 4.78 is 19.0. The molecule has 120 valence electrons. The number of hydrogen-bond acceptors (Lipinski definition) is 3. The molecule has 0 saturated carbocycles. The zero-order valence-corrected chi connectivity index (χ0v) is 13.0. The molecule has 2 N–H and O–H groups in total. The van der Waals surface area contributed by atoms with Gasteiger partial charge in [-0.1, -0.05) is 26.0 Å². The van der Waals surface area contributed by atoms with E-state index in [1.165, 1.54) is 13.1 Å². The zero-order valence-electron chi connectivity index (χ0n) is 13.0. The monoisotopic (exact) mass is 308 g/mol. The summed E-state index contributed by atoms with van der Waals surface area (Å²) in [5.41, 5.74) is 0.667. The number of para-hydroxylation sites is 1. The van der Waals surface area contributed by atoms with Gasteiger partial charge in [0.2, 0.25) is 5.91 Å². The molecule has 0 aromatic heterocycles. The van der Waals surface area contributed by atoms with Gasteiger partial charge in [0.25, 0.3) is 5.91 Å². The molecule has 1 aromatic carbocycles. The summed E-state index contributed by atoms with van der Waals surface area (Å²) in [4.78, 5) is 24.1. The Balaban J connectivity index is 2.03. The second kappa shape index (κ2) is 6.77. The van der Waals surface area contributed by atoms with Gasteiger partial charge in [-0.05, 0) is 18.4 Å². The lowest BCUT2D eigenvalue weighted by atomic mass is 10.0. The van der Waals surface area contributed by atoms with Crippen LogP contribution in [0.15, 0.2) is 18.2 Å². The average Bonchev–Trinajstić information content (AvgIpc) is 2.91. The van der Waals surface area contributed by atoms with Crippen LogP contribution in [-0.2, 0) is 16.0 Å². The summed E-state index contributed by atoms with van der Waals surface area (Å²) in [6.07, 6.45) is 0.0340. The van der Waals surface area contributed by atoms with Crippen LogP contribution in [0.3, 0.4) is 0 Å². The van der Waals surface area contributed by atoms with Crippen LogP contribution in [0, 0.1) is 11.7 Å². The van der Waals surface area contributed by atoms with Crippen LogP contribution in [0.25, 0.3) is 0 Å². The van der Waals surface area contributed by atoms with Gasteiger partial charge in [-0.2, -0.15) is 0 Å². The lowest BCUT2D eigenvalue weighted by Gasteiger charge is -2.21. The van der Waals surface area contributed by atoms with Gasteiger partial charge >= 0.3 is 0 Å². The van der Waals surface area contributed by atoms with Gasteiger partial charge in [0.15, 0.2) is 17.7 Å². The lowest BCUT2D eigenvalue weighted by Crippen LogP contribution is -2.50. The Hall–Kier alpha value is -2.11. The summed E-state index contributed by atoms with van der Waals surface area (Å²) in [7, 11) is 1.53. The lowest BCUT2D eigenvalue weighted by molar-refractivity contribution is -0.132. The molecule has 2 amide bonds. The number of fused-ring (bicyclic) bond motifs is 1. The minimum absolute atomic E-state index is 0.128. The van der Waals surface area contributed by atoms with Crippen LogP contribution in [0.4, 0.5) is 4.39 Å². The van der Waals surface area contributed by atoms with Crippen LogP contribution in [-0.4, -0.2) is 31.0 Å². The molecule has 0 unspecified atom stereocenters. The van der Waals surface area contributed by atoms with Crippen molar-refractivity contribution in [3.63, 3.8) is 0 Å². The van der Waals surface area contributed by atoms with Crippen molar-refractivity contribution in [1.29, 1.82) is 0 Å². The predicted molar refractivity (Wildman–Crippen MR) is 80.0 cm³/mol. The smallest absolute Gasteiger partial charge is 0.262 e. The SMILES string of the molecule is CNC(=O)[C@H](CC(C)C)NC(=O)[C@H]1Cc2cccc(F)c2O1. The van der Waals surface area contributed by atoms with Crippen molar-refractivity contribution < 1.29 is 18.7 Å². The van der Waals surface area contributed by atoms with Gasteiger partial charge in [0.05, 0.1) is 0 Å². The van der Waals surface area contributed by atoms with E-state index in [1.807, 2.05) is 13.8 Å². The normalized spacial score (nSPS) is 17.6. The number of carbonyl (C=O) groups is 2. The van der Waals surface area contributed by atoms with E-state index in [2.05, 4.69) is 10.6 Å². The molecule has 6 heteroatoms. The number of halogens is 1. The summed E-state index contributed by atoms with van der Waals surface area (Å²) in [5.74, 6) is -0.740. The maximum atomic E-state index is 13.6. The van der Waals surface area contributed by atoms with Crippen LogP contribution in [0.2, 0.25) is 0 Å². The molecular weight excluding hydrogens is 287 g/mol. The van der Waals surface area contributed by atoms with E-state index in [-0.39, 0.29) is 17.6 Å². The van der Waals surface area contributed by atoms with Crippen molar-refractivity contribution in [1.82, 2.24) is 10.6 Å². The fourth-order valence-corrected chi connectivity index (χ4v) is 2.52. The van der Waals surface area contributed by atoms with Crippen LogP contribution in [0.1, 0.15) is 25.8 Å². The van der Waals surface area contributed by atoms with Crippen molar-refractivity contribution in [2.45, 2.75) is 38.8 Å². The van der Waals surface area contributed by atoms with Crippen molar-refractivity contribution in [3.05, 3.63) is 29.6 Å². The first kappa shape index (κ1) is 16.3. The number of hydrogen-bond donors (Lipinski definition) is 2. The molecule has 22 heavy (non-hydrogen) atoms. The molecule has 0 aliphatic carbocycles. The Morgan fingerprint density at radius 3 is 2.73 bits per heavy atom. The highest BCUT2D eigenvalue weighted by atomic mass is 19.1. The predicted octanol–water partition coefficient (Wildman–Crippen LogP) is 1.41. The van der Waals surface area contributed by atoms with E-state index in [1.54, 1.807) is 12.1 Å². The van der Waals surface area contributed by atoms with Gasteiger partial charge in [0.1, 0.15) is 6.04 Å². The minimum atomic E-state index is -0.800. The van der Waals surface area contributed by atoms with Gasteiger partial charge < -0.3 is 15.4 Å². The summed E-state index contributed by atoms with van der Waals surface area (Å²) in [5, 5.41) is 5.24. The second-order valence-corrected chi connectivity index (χ2v) is 5.84. The third-order valence-electron chi connectivity index (χ3n) is 3.59. The molecule has 5 nitrogen and oxygen atoms in total. The number of amides is 2. The number of benzene rings is 1. The Morgan fingerprint density at radius 2 is 2.14 bits per heavy atom. The average molecular weight is 308 g/mol. The molecule has 0 fully saturated rings. The highest BCUT2D eigenvalue weighted by molar-refractivity contribution is 5.89. The fraction of sp³-hybridized carbons (Fsp3) is 0.500. The summed E-state index contributed by atoms with van der Waals surface area (Å²) >= 11 is 0. The van der Waals surface area contributed by atoms with Gasteiger partial charge in [-0.15, -0.1) is 0 Å². The molecule has 0 saturated heterocycles. The Labute approximate surface area is 129 Å². The summed E-state index contributed by atoms with van der Waals surface area (Å²) in [6.45, 7) is 3.94. The van der Waals surface area contributed by atoms with E-state index in [9.17, 15) is 14.0 Å². The van der Waals surface area contributed by atoms with Gasteiger partial charge in [-0.3, -0.25) is 9.59 Å². The number of rotatable bonds is 5. The van der Waals surface area contributed by atoms with Crippen LogP contribution in [0.5, 0.6) is 5.75 Å². The molecule has 1 aromatic rings. The maximum Gasteiger partial charge on any atom is 0.262 e. The number of likely N-dealkylation sites (N-methyl/N-ethyl adjacent to an activating group) is 1. The number of nitrogens with one attached hydrogen (secondary N) is 2. The molecule has 1 aliphatic heterocycles. The molecule has 1 aliphatic rings. The molecule has 2 atom stereocenters. The first-order valence-corrected chi connectivity index (χ1v) is 7.38. The van der Waals surface area contributed by atoms with E-state index in [0.717, 1.165) is 0 Å². The van der Waals surface area contributed by atoms with E-state index in [0.29, 0.717) is 18.4 Å². The fourth-order valence-electron chi connectivity index (χ4n) is 2.52. The standard InChI is InChI=1S/C16H21FN2O3/c1-9(2)7-12(15(20)18-3)19-16(21)13-8-10-5-4-6-11(17)14(10)22-13/h4-6,9,12-13H,7-8H2,1-3H3,(H,18,20)(H,19,21)/t12-,13+/m0/s1. The Morgan fingerprint density at radius 1 is 1.41 bits per heavy atom. The largest absolute Gasteiger partial charge is 0.477 e. The van der Waals surface area contributed by atoms with Crippen LogP contribution < -0.4 is 15.4 Å².